The van der Waals surface area contributed by atoms with Crippen molar-refractivity contribution in [1.29, 1.82) is 0 Å². The van der Waals surface area contributed by atoms with Gasteiger partial charge in [-0.05, 0) is 35.8 Å². The Morgan fingerprint density at radius 2 is 2.25 bits per heavy atom. The average Bonchev–Trinajstić information content (AvgIpc) is 2.20. The van der Waals surface area contributed by atoms with Crippen molar-refractivity contribution in [3.05, 3.63) is 29.3 Å². The zero-order valence-corrected chi connectivity index (χ0v) is 10.1. The van der Waals surface area contributed by atoms with Crippen LogP contribution >= 0.6 is 12.2 Å². The van der Waals surface area contributed by atoms with E-state index in [-0.39, 0.29) is 10.9 Å². The van der Waals surface area contributed by atoms with Crippen LogP contribution in [0, 0.1) is 0 Å². The molecule has 1 aromatic carbocycles. The molecule has 16 heavy (non-hydrogen) atoms. The fraction of sp³-hybridized carbons (Fsp3) is 0.273. The van der Waals surface area contributed by atoms with Crippen molar-refractivity contribution >= 4 is 23.5 Å². The Labute approximate surface area is 100 Å². The number of hydrazone groups is 1. The molecule has 0 bridgehead atoms. The van der Waals surface area contributed by atoms with Crippen LogP contribution in [0.5, 0.6) is 5.75 Å². The molecule has 0 fully saturated rings. The van der Waals surface area contributed by atoms with Crippen LogP contribution in [0.4, 0.5) is 0 Å². The third kappa shape index (κ3) is 3.51. The summed E-state index contributed by atoms with van der Waals surface area (Å²) in [6.45, 7) is 4.17. The van der Waals surface area contributed by atoms with Crippen molar-refractivity contribution in [2.75, 3.05) is 0 Å². The lowest BCUT2D eigenvalue weighted by Crippen LogP contribution is -2.24. The lowest BCUT2D eigenvalue weighted by atomic mass is 10.0. The normalized spacial score (nSPS) is 10.9. The summed E-state index contributed by atoms with van der Waals surface area (Å²) in [4.78, 5) is 0. The second-order valence-electron chi connectivity index (χ2n) is 3.71. The molecule has 4 N–H and O–H groups in total. The number of phenols is 1. The van der Waals surface area contributed by atoms with Crippen LogP contribution in [-0.4, -0.2) is 16.4 Å². The van der Waals surface area contributed by atoms with Crippen LogP contribution < -0.4 is 11.2 Å². The molecule has 0 saturated carbocycles. The molecule has 0 aromatic heterocycles. The van der Waals surface area contributed by atoms with E-state index in [1.165, 1.54) is 6.21 Å². The van der Waals surface area contributed by atoms with E-state index in [4.69, 9.17) is 5.73 Å². The summed E-state index contributed by atoms with van der Waals surface area (Å²) >= 11 is 4.60. The molecule has 0 aliphatic heterocycles. The minimum absolute atomic E-state index is 0.0933. The maximum absolute atomic E-state index is 9.60. The summed E-state index contributed by atoms with van der Waals surface area (Å²) < 4.78 is 0. The molecule has 1 aromatic rings. The first kappa shape index (κ1) is 12.4. The van der Waals surface area contributed by atoms with Gasteiger partial charge in [-0.25, -0.2) is 0 Å². The van der Waals surface area contributed by atoms with Crippen LogP contribution in [0.25, 0.3) is 0 Å². The van der Waals surface area contributed by atoms with Crippen molar-refractivity contribution in [3.8, 4) is 5.75 Å². The highest BCUT2D eigenvalue weighted by molar-refractivity contribution is 7.80. The van der Waals surface area contributed by atoms with Gasteiger partial charge in [-0.1, -0.05) is 19.9 Å². The van der Waals surface area contributed by atoms with Gasteiger partial charge in [-0.3, -0.25) is 5.43 Å². The smallest absolute Gasteiger partial charge is 0.184 e. The predicted molar refractivity (Wildman–Crippen MR) is 69.7 cm³/mol. The minimum Gasteiger partial charge on any atom is -0.507 e. The lowest BCUT2D eigenvalue weighted by molar-refractivity contribution is 0.474. The minimum atomic E-state index is 0.0933. The highest BCUT2D eigenvalue weighted by atomic mass is 32.1. The maximum Gasteiger partial charge on any atom is 0.184 e. The number of hydrogen-bond acceptors (Lipinski definition) is 3. The molecule has 0 saturated heterocycles. The fourth-order valence-electron chi connectivity index (χ4n) is 1.20. The van der Waals surface area contributed by atoms with Crippen LogP contribution in [0.2, 0.25) is 0 Å². The van der Waals surface area contributed by atoms with Crippen LogP contribution in [0.15, 0.2) is 23.3 Å². The van der Waals surface area contributed by atoms with E-state index < -0.39 is 0 Å². The number of nitrogens with two attached hydrogens (primary N) is 1. The van der Waals surface area contributed by atoms with E-state index in [9.17, 15) is 5.11 Å². The highest BCUT2D eigenvalue weighted by Gasteiger charge is 2.03. The molecule has 5 heteroatoms. The number of nitrogens with one attached hydrogen (secondary N) is 1. The molecule has 4 nitrogen and oxygen atoms in total. The quantitative estimate of drug-likeness (QED) is 0.425. The van der Waals surface area contributed by atoms with Crippen molar-refractivity contribution in [2.45, 2.75) is 19.8 Å². The molecule has 0 amide bonds. The summed E-state index contributed by atoms with van der Waals surface area (Å²) in [5.74, 6) is 0.578. The Bertz CT molecular complexity index is 416. The van der Waals surface area contributed by atoms with Crippen LogP contribution in [0.1, 0.15) is 30.9 Å². The van der Waals surface area contributed by atoms with Crippen molar-refractivity contribution in [1.82, 2.24) is 5.43 Å². The van der Waals surface area contributed by atoms with E-state index in [0.29, 0.717) is 11.5 Å². The summed E-state index contributed by atoms with van der Waals surface area (Å²) in [7, 11) is 0. The lowest BCUT2D eigenvalue weighted by Gasteiger charge is -2.07. The molecule has 0 spiro atoms. The van der Waals surface area contributed by atoms with Crippen LogP contribution in [-0.2, 0) is 0 Å². The summed E-state index contributed by atoms with van der Waals surface area (Å²) in [5.41, 5.74) is 9.42. The third-order valence-corrected chi connectivity index (χ3v) is 2.19. The second kappa shape index (κ2) is 5.46. The van der Waals surface area contributed by atoms with Gasteiger partial charge < -0.3 is 10.8 Å². The number of rotatable bonds is 3. The summed E-state index contributed by atoms with van der Waals surface area (Å²) in [6, 6.07) is 5.42. The summed E-state index contributed by atoms with van der Waals surface area (Å²) in [6.07, 6.45) is 1.49. The standard InChI is InChI=1S/C11H15N3OS/c1-7(2)8-3-4-10(15)9(5-8)6-13-14-11(12)16/h3-7,15H,1-2H3,(H3,12,14,16). The van der Waals surface area contributed by atoms with E-state index >= 15 is 0 Å². The molecule has 1 rings (SSSR count). The molecule has 0 atom stereocenters. The van der Waals surface area contributed by atoms with Gasteiger partial charge in [0.25, 0.3) is 0 Å². The van der Waals surface area contributed by atoms with Gasteiger partial charge in [0.15, 0.2) is 5.11 Å². The monoisotopic (exact) mass is 237 g/mol. The zero-order valence-electron chi connectivity index (χ0n) is 9.27. The Morgan fingerprint density at radius 1 is 1.56 bits per heavy atom. The zero-order chi connectivity index (χ0) is 12.1. The van der Waals surface area contributed by atoms with E-state index in [0.717, 1.165) is 5.56 Å². The topological polar surface area (TPSA) is 70.6 Å². The third-order valence-electron chi connectivity index (χ3n) is 2.10. The first-order chi connectivity index (χ1) is 7.50. The SMILES string of the molecule is CC(C)c1ccc(O)c(C=NNC(N)=S)c1. The van der Waals surface area contributed by atoms with E-state index in [1.54, 1.807) is 6.07 Å². The van der Waals surface area contributed by atoms with Gasteiger partial charge in [-0.2, -0.15) is 5.10 Å². The average molecular weight is 237 g/mol. The van der Waals surface area contributed by atoms with Crippen molar-refractivity contribution in [3.63, 3.8) is 0 Å². The maximum atomic E-state index is 9.60. The largest absolute Gasteiger partial charge is 0.507 e. The van der Waals surface area contributed by atoms with Gasteiger partial charge in [0.1, 0.15) is 5.75 Å². The molecule has 0 radical (unpaired) electrons. The number of phenolic OH excluding ortho intramolecular Hbond substituents is 1. The molecular weight excluding hydrogens is 222 g/mol. The Kier molecular flexibility index (Phi) is 4.25. The number of hydrogen-bond donors (Lipinski definition) is 3. The second-order valence-corrected chi connectivity index (χ2v) is 4.15. The van der Waals surface area contributed by atoms with Crippen LogP contribution in [0.3, 0.4) is 0 Å². The first-order valence-electron chi connectivity index (χ1n) is 4.92. The molecule has 0 heterocycles. The van der Waals surface area contributed by atoms with Gasteiger partial charge in [-0.15, -0.1) is 0 Å². The Hall–Kier alpha value is -1.62. The number of aromatic hydroxyl groups is 1. The predicted octanol–water partition coefficient (Wildman–Crippen LogP) is 1.68. The molecule has 0 aliphatic rings. The highest BCUT2D eigenvalue weighted by Crippen LogP contribution is 2.21. The Morgan fingerprint density at radius 3 is 2.81 bits per heavy atom. The van der Waals surface area contributed by atoms with Gasteiger partial charge >= 0.3 is 0 Å². The number of benzene rings is 1. The number of thiocarbonyl (C=S) groups is 1. The molecular formula is C11H15N3OS. The fourth-order valence-corrected chi connectivity index (χ4v) is 1.25. The van der Waals surface area contributed by atoms with E-state index in [1.807, 2.05) is 12.1 Å². The molecule has 0 aliphatic carbocycles. The van der Waals surface area contributed by atoms with Gasteiger partial charge in [0.05, 0.1) is 6.21 Å². The van der Waals surface area contributed by atoms with Crippen molar-refractivity contribution < 1.29 is 5.11 Å². The number of nitrogens with zero attached hydrogens (tertiary/aromatic N) is 1. The van der Waals surface area contributed by atoms with Gasteiger partial charge in [0, 0.05) is 5.56 Å². The first-order valence-corrected chi connectivity index (χ1v) is 5.33. The molecule has 86 valence electrons. The molecule has 0 unspecified atom stereocenters. The van der Waals surface area contributed by atoms with E-state index in [2.05, 4.69) is 36.6 Å². The Balaban J connectivity index is 2.90. The summed E-state index contributed by atoms with van der Waals surface area (Å²) in [5, 5.41) is 13.5. The van der Waals surface area contributed by atoms with Crippen molar-refractivity contribution in [2.24, 2.45) is 10.8 Å². The van der Waals surface area contributed by atoms with Gasteiger partial charge in [0.2, 0.25) is 0 Å².